The standard InChI is InChI=1S/C15H17NO5S2/c1-3-16(13-6-10-15(11-7-13)23(19,20)21)22(17,18)14-8-4-12(2)5-9-14/h4-11H,3H2,1-2H3,(H,19,20,21). The van der Waals surface area contributed by atoms with Gasteiger partial charge >= 0.3 is 0 Å². The maximum atomic E-state index is 12.7. The van der Waals surface area contributed by atoms with Gasteiger partial charge in [0.15, 0.2) is 0 Å². The molecule has 0 aromatic heterocycles. The highest BCUT2D eigenvalue weighted by Gasteiger charge is 2.23. The summed E-state index contributed by atoms with van der Waals surface area (Å²) in [5.41, 5.74) is 1.27. The van der Waals surface area contributed by atoms with Gasteiger partial charge in [0.05, 0.1) is 15.5 Å². The van der Waals surface area contributed by atoms with E-state index < -0.39 is 20.1 Å². The van der Waals surface area contributed by atoms with Crippen molar-refractivity contribution in [2.24, 2.45) is 0 Å². The number of benzene rings is 2. The molecule has 0 aliphatic heterocycles. The molecule has 0 bridgehead atoms. The smallest absolute Gasteiger partial charge is 0.282 e. The first-order chi connectivity index (χ1) is 10.7. The Balaban J connectivity index is 2.44. The summed E-state index contributed by atoms with van der Waals surface area (Å²) >= 11 is 0. The highest BCUT2D eigenvalue weighted by Crippen LogP contribution is 2.25. The maximum absolute atomic E-state index is 12.7. The van der Waals surface area contributed by atoms with Crippen molar-refractivity contribution in [2.75, 3.05) is 10.8 Å². The van der Waals surface area contributed by atoms with Crippen molar-refractivity contribution in [3.63, 3.8) is 0 Å². The summed E-state index contributed by atoms with van der Waals surface area (Å²) in [6.45, 7) is 3.73. The van der Waals surface area contributed by atoms with E-state index in [0.717, 1.165) is 17.7 Å². The lowest BCUT2D eigenvalue weighted by Gasteiger charge is -2.23. The Labute approximate surface area is 136 Å². The van der Waals surface area contributed by atoms with Gasteiger partial charge in [0.2, 0.25) is 0 Å². The van der Waals surface area contributed by atoms with Gasteiger partial charge in [-0.1, -0.05) is 17.7 Å². The van der Waals surface area contributed by atoms with E-state index in [2.05, 4.69) is 0 Å². The molecule has 0 heterocycles. The normalized spacial score (nSPS) is 12.1. The van der Waals surface area contributed by atoms with Crippen molar-refractivity contribution in [2.45, 2.75) is 23.6 Å². The lowest BCUT2D eigenvalue weighted by atomic mass is 10.2. The minimum atomic E-state index is -4.31. The largest absolute Gasteiger partial charge is 0.294 e. The van der Waals surface area contributed by atoms with Crippen LogP contribution in [0, 0.1) is 6.92 Å². The van der Waals surface area contributed by atoms with Crippen molar-refractivity contribution in [3.8, 4) is 0 Å². The molecule has 6 nitrogen and oxygen atoms in total. The van der Waals surface area contributed by atoms with Gasteiger partial charge in [0.25, 0.3) is 20.1 Å². The Hall–Kier alpha value is -1.90. The molecule has 0 spiro atoms. The number of anilines is 1. The minimum absolute atomic E-state index is 0.156. The van der Waals surface area contributed by atoms with E-state index in [1.807, 2.05) is 6.92 Å². The number of sulfonamides is 1. The highest BCUT2D eigenvalue weighted by atomic mass is 32.2. The third kappa shape index (κ3) is 3.72. The molecule has 2 rings (SSSR count). The predicted molar refractivity (Wildman–Crippen MR) is 87.6 cm³/mol. The first-order valence-corrected chi connectivity index (χ1v) is 9.71. The zero-order valence-electron chi connectivity index (χ0n) is 12.7. The van der Waals surface area contributed by atoms with Gasteiger partial charge in [-0.25, -0.2) is 8.42 Å². The third-order valence-electron chi connectivity index (χ3n) is 3.32. The molecule has 0 saturated heterocycles. The van der Waals surface area contributed by atoms with Crippen LogP contribution in [0.3, 0.4) is 0 Å². The fourth-order valence-corrected chi connectivity index (χ4v) is 4.07. The fraction of sp³-hybridized carbons (Fsp3) is 0.200. The van der Waals surface area contributed by atoms with Gasteiger partial charge in [-0.15, -0.1) is 0 Å². The Morgan fingerprint density at radius 2 is 1.35 bits per heavy atom. The van der Waals surface area contributed by atoms with Gasteiger partial charge in [0.1, 0.15) is 0 Å². The Kier molecular flexibility index (Phi) is 4.79. The van der Waals surface area contributed by atoms with E-state index in [4.69, 9.17) is 4.55 Å². The number of hydrogen-bond donors (Lipinski definition) is 1. The van der Waals surface area contributed by atoms with E-state index >= 15 is 0 Å². The lowest BCUT2D eigenvalue weighted by molar-refractivity contribution is 0.483. The quantitative estimate of drug-likeness (QED) is 0.832. The second-order valence-corrected chi connectivity index (χ2v) is 8.24. The number of nitrogens with zero attached hydrogens (tertiary/aromatic N) is 1. The SMILES string of the molecule is CCN(c1ccc(S(=O)(=O)O)cc1)S(=O)(=O)c1ccc(C)cc1. The maximum Gasteiger partial charge on any atom is 0.294 e. The molecule has 0 aliphatic carbocycles. The molecule has 0 fully saturated rings. The van der Waals surface area contributed by atoms with E-state index in [1.165, 1.54) is 28.6 Å². The predicted octanol–water partition coefficient (Wildman–Crippen LogP) is 2.46. The molecule has 0 aliphatic rings. The summed E-state index contributed by atoms with van der Waals surface area (Å²) in [7, 11) is -8.06. The second kappa shape index (κ2) is 6.31. The van der Waals surface area contributed by atoms with Crippen molar-refractivity contribution in [1.82, 2.24) is 0 Å². The molecule has 0 atom stereocenters. The van der Waals surface area contributed by atoms with Crippen molar-refractivity contribution in [3.05, 3.63) is 54.1 Å². The van der Waals surface area contributed by atoms with E-state index in [9.17, 15) is 16.8 Å². The summed E-state index contributed by atoms with van der Waals surface area (Å²) in [6.07, 6.45) is 0. The van der Waals surface area contributed by atoms with Crippen LogP contribution in [-0.2, 0) is 20.1 Å². The molecule has 23 heavy (non-hydrogen) atoms. The topological polar surface area (TPSA) is 91.8 Å². The van der Waals surface area contributed by atoms with Gasteiger partial charge in [-0.2, -0.15) is 8.42 Å². The molecule has 0 saturated carbocycles. The molecular formula is C15H17NO5S2. The minimum Gasteiger partial charge on any atom is -0.282 e. The summed E-state index contributed by atoms with van der Waals surface area (Å²) in [5.74, 6) is 0. The molecule has 2 aromatic rings. The van der Waals surface area contributed by atoms with Crippen LogP contribution in [0.1, 0.15) is 12.5 Å². The van der Waals surface area contributed by atoms with Gasteiger partial charge in [-0.05, 0) is 50.2 Å². The zero-order valence-corrected chi connectivity index (χ0v) is 14.3. The number of hydrogen-bond acceptors (Lipinski definition) is 4. The molecule has 124 valence electrons. The third-order valence-corrected chi connectivity index (χ3v) is 6.10. The molecule has 2 aromatic carbocycles. The van der Waals surface area contributed by atoms with Crippen LogP contribution in [0.25, 0.3) is 0 Å². The highest BCUT2D eigenvalue weighted by molar-refractivity contribution is 7.92. The van der Waals surface area contributed by atoms with Crippen LogP contribution in [0.4, 0.5) is 5.69 Å². The van der Waals surface area contributed by atoms with Gasteiger partial charge in [0, 0.05) is 6.54 Å². The van der Waals surface area contributed by atoms with Crippen LogP contribution in [-0.4, -0.2) is 27.9 Å². The Bertz CT molecular complexity index is 886. The molecular weight excluding hydrogens is 338 g/mol. The van der Waals surface area contributed by atoms with Crippen molar-refractivity contribution >= 4 is 25.8 Å². The second-order valence-electron chi connectivity index (χ2n) is 4.95. The summed E-state index contributed by atoms with van der Waals surface area (Å²) in [6, 6.07) is 11.5. The van der Waals surface area contributed by atoms with E-state index in [1.54, 1.807) is 19.1 Å². The Morgan fingerprint density at radius 3 is 1.78 bits per heavy atom. The van der Waals surface area contributed by atoms with Crippen LogP contribution in [0.2, 0.25) is 0 Å². The molecule has 8 heteroatoms. The van der Waals surface area contributed by atoms with Crippen LogP contribution in [0.5, 0.6) is 0 Å². The summed E-state index contributed by atoms with van der Waals surface area (Å²) in [4.78, 5) is -0.131. The fourth-order valence-electron chi connectivity index (χ4n) is 2.11. The average molecular weight is 355 g/mol. The van der Waals surface area contributed by atoms with Crippen molar-refractivity contribution < 1.29 is 21.4 Å². The van der Waals surface area contributed by atoms with E-state index in [0.29, 0.717) is 5.69 Å². The lowest BCUT2D eigenvalue weighted by Crippen LogP contribution is -2.30. The summed E-state index contributed by atoms with van der Waals surface area (Å²) < 4.78 is 57.7. The summed E-state index contributed by atoms with van der Waals surface area (Å²) in [5, 5.41) is 0. The average Bonchev–Trinajstić information content (AvgIpc) is 2.48. The van der Waals surface area contributed by atoms with Crippen molar-refractivity contribution in [1.29, 1.82) is 0 Å². The first-order valence-electron chi connectivity index (χ1n) is 6.83. The number of aryl methyl sites for hydroxylation is 1. The van der Waals surface area contributed by atoms with Gasteiger partial charge < -0.3 is 0 Å². The molecule has 0 amide bonds. The van der Waals surface area contributed by atoms with Crippen LogP contribution in [0.15, 0.2) is 58.3 Å². The van der Waals surface area contributed by atoms with Crippen LogP contribution >= 0.6 is 0 Å². The molecule has 0 unspecified atom stereocenters. The van der Waals surface area contributed by atoms with E-state index in [-0.39, 0.29) is 16.3 Å². The molecule has 0 radical (unpaired) electrons. The first kappa shape index (κ1) is 17.5. The number of rotatable bonds is 5. The van der Waals surface area contributed by atoms with Gasteiger partial charge in [-0.3, -0.25) is 8.86 Å². The Morgan fingerprint density at radius 1 is 0.870 bits per heavy atom. The molecule has 1 N–H and O–H groups in total. The van der Waals surface area contributed by atoms with Crippen LogP contribution < -0.4 is 4.31 Å². The zero-order chi connectivity index (χ0) is 17.3. The monoisotopic (exact) mass is 355 g/mol.